The molecule has 6 heteroatoms. The van der Waals surface area contributed by atoms with Gasteiger partial charge in [0.2, 0.25) is 0 Å². The Balaban J connectivity index is 1.70. The predicted octanol–water partition coefficient (Wildman–Crippen LogP) is 0.0594. The SMILES string of the molecule is CC(C)NC1CN(CCC(C)NC2CN(C(C)C)CC2=O)CC1O. The summed E-state index contributed by atoms with van der Waals surface area (Å²) < 4.78 is 0. The zero-order valence-corrected chi connectivity index (χ0v) is 16.0. The highest BCUT2D eigenvalue weighted by Crippen LogP contribution is 2.14. The Hall–Kier alpha value is -0.530. The Morgan fingerprint density at radius 1 is 1.12 bits per heavy atom. The minimum atomic E-state index is -0.285. The van der Waals surface area contributed by atoms with Crippen LogP contribution in [0.1, 0.15) is 41.0 Å². The molecule has 0 aromatic rings. The maximum absolute atomic E-state index is 12.1. The van der Waals surface area contributed by atoms with Crippen molar-refractivity contribution in [2.75, 3.05) is 32.7 Å². The predicted molar refractivity (Wildman–Crippen MR) is 97.2 cm³/mol. The Bertz CT molecular complexity index is 416. The van der Waals surface area contributed by atoms with Crippen LogP contribution in [0.25, 0.3) is 0 Å². The van der Waals surface area contributed by atoms with Crippen LogP contribution in [0.3, 0.4) is 0 Å². The van der Waals surface area contributed by atoms with Crippen molar-refractivity contribution in [1.29, 1.82) is 0 Å². The van der Waals surface area contributed by atoms with E-state index in [0.717, 1.165) is 32.6 Å². The first kappa shape index (κ1) is 19.8. The number of ketones is 1. The number of β-amino-alcohol motifs (C(OH)–C–C–N with tert-alkyl or cyclic N) is 1. The first-order valence-corrected chi connectivity index (χ1v) is 9.45. The molecule has 0 amide bonds. The molecule has 0 bridgehead atoms. The number of nitrogens with zero attached hydrogens (tertiary/aromatic N) is 2. The lowest BCUT2D eigenvalue weighted by molar-refractivity contribution is -0.118. The van der Waals surface area contributed by atoms with Crippen LogP contribution in [0.5, 0.6) is 0 Å². The molecule has 2 fully saturated rings. The molecule has 0 saturated carbocycles. The van der Waals surface area contributed by atoms with Gasteiger partial charge in [0, 0.05) is 43.8 Å². The highest BCUT2D eigenvalue weighted by Gasteiger charge is 2.33. The van der Waals surface area contributed by atoms with Gasteiger partial charge in [-0.1, -0.05) is 13.8 Å². The van der Waals surface area contributed by atoms with Crippen LogP contribution in [0.4, 0.5) is 0 Å². The molecule has 3 N–H and O–H groups in total. The van der Waals surface area contributed by atoms with E-state index in [0.29, 0.717) is 30.5 Å². The second kappa shape index (κ2) is 8.72. The third-order valence-corrected chi connectivity index (χ3v) is 5.17. The molecule has 0 aromatic carbocycles. The average molecular weight is 341 g/mol. The van der Waals surface area contributed by atoms with E-state index in [1.807, 2.05) is 0 Å². The van der Waals surface area contributed by atoms with Crippen LogP contribution in [0, 0.1) is 0 Å². The summed E-state index contributed by atoms with van der Waals surface area (Å²) in [6.45, 7) is 14.6. The van der Waals surface area contributed by atoms with Crippen molar-refractivity contribution in [1.82, 2.24) is 20.4 Å². The number of Topliss-reactive ketones (excluding diaryl/α,β-unsaturated/α-hetero) is 1. The van der Waals surface area contributed by atoms with E-state index in [4.69, 9.17) is 0 Å². The van der Waals surface area contributed by atoms with Crippen LogP contribution in [-0.4, -0.2) is 89.7 Å². The third kappa shape index (κ3) is 5.49. The lowest BCUT2D eigenvalue weighted by Gasteiger charge is -2.23. The number of nitrogens with one attached hydrogen (secondary N) is 2. The standard InChI is InChI=1S/C18H36N4O2/c1-12(2)19-15-8-21(10-17(15)23)7-6-14(5)20-16-9-22(13(3)4)11-18(16)24/h12-17,19-20,23H,6-11H2,1-5H3. The first-order chi connectivity index (χ1) is 11.3. The molecule has 0 aliphatic carbocycles. The van der Waals surface area contributed by atoms with Gasteiger partial charge in [-0.2, -0.15) is 0 Å². The molecule has 4 atom stereocenters. The average Bonchev–Trinajstić information content (AvgIpc) is 3.00. The number of likely N-dealkylation sites (tertiary alicyclic amines) is 2. The highest BCUT2D eigenvalue weighted by atomic mass is 16.3. The number of hydrogen-bond acceptors (Lipinski definition) is 6. The molecule has 0 spiro atoms. The number of aliphatic hydroxyl groups is 1. The van der Waals surface area contributed by atoms with Crippen LogP contribution in [-0.2, 0) is 4.79 Å². The number of carbonyl (C=O) groups is 1. The van der Waals surface area contributed by atoms with Crippen LogP contribution >= 0.6 is 0 Å². The Morgan fingerprint density at radius 3 is 2.42 bits per heavy atom. The molecule has 2 saturated heterocycles. The van der Waals surface area contributed by atoms with Gasteiger partial charge in [0.1, 0.15) is 0 Å². The highest BCUT2D eigenvalue weighted by molar-refractivity contribution is 5.88. The van der Waals surface area contributed by atoms with Crippen LogP contribution in [0.15, 0.2) is 0 Å². The zero-order valence-electron chi connectivity index (χ0n) is 16.0. The molecule has 2 aliphatic heterocycles. The van der Waals surface area contributed by atoms with E-state index in [-0.39, 0.29) is 18.2 Å². The Labute approximate surface area is 147 Å². The Kier molecular flexibility index (Phi) is 7.19. The second-order valence-corrected chi connectivity index (χ2v) is 8.15. The molecular formula is C18H36N4O2. The largest absolute Gasteiger partial charge is 0.390 e. The molecule has 24 heavy (non-hydrogen) atoms. The third-order valence-electron chi connectivity index (χ3n) is 5.17. The van der Waals surface area contributed by atoms with Crippen molar-refractivity contribution in [2.45, 2.75) is 77.4 Å². The maximum atomic E-state index is 12.1. The topological polar surface area (TPSA) is 67.8 Å². The van der Waals surface area contributed by atoms with Gasteiger partial charge in [0.25, 0.3) is 0 Å². The smallest absolute Gasteiger partial charge is 0.164 e. The van der Waals surface area contributed by atoms with Gasteiger partial charge in [0.05, 0.1) is 18.7 Å². The zero-order chi connectivity index (χ0) is 17.9. The van der Waals surface area contributed by atoms with E-state index in [1.54, 1.807) is 0 Å². The van der Waals surface area contributed by atoms with Gasteiger partial charge in [-0.25, -0.2) is 0 Å². The monoisotopic (exact) mass is 340 g/mol. The van der Waals surface area contributed by atoms with E-state index in [1.165, 1.54) is 0 Å². The van der Waals surface area contributed by atoms with Gasteiger partial charge in [-0.15, -0.1) is 0 Å². The molecule has 6 nitrogen and oxygen atoms in total. The summed E-state index contributed by atoms with van der Waals surface area (Å²) in [5.74, 6) is 0.313. The summed E-state index contributed by atoms with van der Waals surface area (Å²) in [7, 11) is 0. The summed E-state index contributed by atoms with van der Waals surface area (Å²) in [5.41, 5.74) is 0. The number of aliphatic hydroxyl groups excluding tert-OH is 1. The van der Waals surface area contributed by atoms with Crippen LogP contribution in [0.2, 0.25) is 0 Å². The lowest BCUT2D eigenvalue weighted by Crippen LogP contribution is -2.44. The quantitative estimate of drug-likeness (QED) is 0.581. The van der Waals surface area contributed by atoms with Gasteiger partial charge in [0.15, 0.2) is 5.78 Å². The fourth-order valence-corrected chi connectivity index (χ4v) is 3.69. The number of carbonyl (C=O) groups excluding carboxylic acids is 1. The first-order valence-electron chi connectivity index (χ1n) is 9.45. The van der Waals surface area contributed by atoms with Gasteiger partial charge in [-0.05, 0) is 33.7 Å². The summed E-state index contributed by atoms with van der Waals surface area (Å²) in [6, 6.07) is 1.27. The second-order valence-electron chi connectivity index (χ2n) is 8.15. The molecule has 0 aromatic heterocycles. The molecule has 4 unspecified atom stereocenters. The fraction of sp³-hybridized carbons (Fsp3) is 0.944. The van der Waals surface area contributed by atoms with Gasteiger partial charge in [-0.3, -0.25) is 14.6 Å². The molecular weight excluding hydrogens is 304 g/mol. The van der Waals surface area contributed by atoms with Gasteiger partial charge < -0.3 is 15.7 Å². The van der Waals surface area contributed by atoms with Crippen molar-refractivity contribution in [3.63, 3.8) is 0 Å². The van der Waals surface area contributed by atoms with Crippen molar-refractivity contribution >= 4 is 5.78 Å². The molecule has 0 radical (unpaired) electrons. The molecule has 2 aliphatic rings. The summed E-state index contributed by atoms with van der Waals surface area (Å²) in [6.07, 6.45) is 0.707. The molecule has 2 rings (SSSR count). The van der Waals surface area contributed by atoms with Crippen LogP contribution < -0.4 is 10.6 Å². The van der Waals surface area contributed by atoms with E-state index in [2.05, 4.69) is 55.1 Å². The summed E-state index contributed by atoms with van der Waals surface area (Å²) in [4.78, 5) is 16.7. The van der Waals surface area contributed by atoms with Gasteiger partial charge >= 0.3 is 0 Å². The Morgan fingerprint density at radius 2 is 1.83 bits per heavy atom. The minimum absolute atomic E-state index is 0.0260. The number of rotatable bonds is 8. The molecule has 140 valence electrons. The minimum Gasteiger partial charge on any atom is -0.390 e. The van der Waals surface area contributed by atoms with E-state index in [9.17, 15) is 9.90 Å². The van der Waals surface area contributed by atoms with Crippen molar-refractivity contribution < 1.29 is 9.90 Å². The fourth-order valence-electron chi connectivity index (χ4n) is 3.69. The number of hydrogen-bond donors (Lipinski definition) is 3. The van der Waals surface area contributed by atoms with E-state index >= 15 is 0 Å². The van der Waals surface area contributed by atoms with Crippen molar-refractivity contribution in [3.05, 3.63) is 0 Å². The summed E-state index contributed by atoms with van der Waals surface area (Å²) in [5, 5.41) is 17.1. The normalized spacial score (nSPS) is 30.8. The lowest BCUT2D eigenvalue weighted by atomic mass is 10.1. The molecule has 2 heterocycles. The van der Waals surface area contributed by atoms with Crippen molar-refractivity contribution in [3.8, 4) is 0 Å². The van der Waals surface area contributed by atoms with E-state index < -0.39 is 0 Å². The van der Waals surface area contributed by atoms with Crippen molar-refractivity contribution in [2.24, 2.45) is 0 Å². The maximum Gasteiger partial charge on any atom is 0.164 e. The summed E-state index contributed by atoms with van der Waals surface area (Å²) >= 11 is 0.